The van der Waals surface area contributed by atoms with Crippen LogP contribution in [0.25, 0.3) is 11.4 Å². The van der Waals surface area contributed by atoms with Gasteiger partial charge < -0.3 is 0 Å². The molecule has 4 heteroatoms. The van der Waals surface area contributed by atoms with Gasteiger partial charge in [0.2, 0.25) is 0 Å². The molecule has 2 rings (SSSR count). The minimum absolute atomic E-state index is 0.181. The summed E-state index contributed by atoms with van der Waals surface area (Å²) in [4.78, 5) is 4.24. The number of hydrogen-bond donors (Lipinski definition) is 1. The third-order valence-electron chi connectivity index (χ3n) is 2.53. The fourth-order valence-corrected chi connectivity index (χ4v) is 1.79. The van der Waals surface area contributed by atoms with E-state index in [0.29, 0.717) is 17.8 Å². The van der Waals surface area contributed by atoms with Crippen LogP contribution in [0.15, 0.2) is 12.1 Å². The van der Waals surface area contributed by atoms with Crippen molar-refractivity contribution in [1.29, 1.82) is 0 Å². The van der Waals surface area contributed by atoms with Crippen molar-refractivity contribution in [2.75, 3.05) is 0 Å². The lowest BCUT2D eigenvalue weighted by molar-refractivity contribution is 0.611. The largest absolute Gasteiger partial charge is 0.263 e. The first kappa shape index (κ1) is 14.4. The van der Waals surface area contributed by atoms with Crippen LogP contribution in [0, 0.1) is 19.7 Å². The molecule has 0 bridgehead atoms. The molecule has 98 valence electrons. The predicted molar refractivity (Wildman–Crippen MR) is 72.0 cm³/mol. The topological polar surface area (TPSA) is 41.6 Å². The van der Waals surface area contributed by atoms with Crippen LogP contribution in [-0.2, 0) is 6.42 Å². The maximum atomic E-state index is 13.7. The summed E-state index contributed by atoms with van der Waals surface area (Å²) in [6.07, 6.45) is 0.634. The third-order valence-corrected chi connectivity index (χ3v) is 2.53. The molecule has 0 aliphatic rings. The molecular formula is C14H20FN3. The highest BCUT2D eigenvalue weighted by Crippen LogP contribution is 2.25. The van der Waals surface area contributed by atoms with Gasteiger partial charge in [-0.25, -0.2) is 9.37 Å². The highest BCUT2D eigenvalue weighted by atomic mass is 19.1. The predicted octanol–water partition coefficient (Wildman–Crippen LogP) is 3.82. The van der Waals surface area contributed by atoms with E-state index in [4.69, 9.17) is 0 Å². The van der Waals surface area contributed by atoms with Gasteiger partial charge in [0.25, 0.3) is 0 Å². The summed E-state index contributed by atoms with van der Waals surface area (Å²) in [6.45, 7) is 9.62. The van der Waals surface area contributed by atoms with E-state index in [1.54, 1.807) is 6.07 Å². The fraction of sp³-hybridized carbons (Fsp3) is 0.429. The Kier molecular flexibility index (Phi) is 5.01. The van der Waals surface area contributed by atoms with Crippen molar-refractivity contribution in [2.24, 2.45) is 0 Å². The molecule has 1 aromatic heterocycles. The highest BCUT2D eigenvalue weighted by Gasteiger charge is 2.13. The monoisotopic (exact) mass is 249 g/mol. The van der Waals surface area contributed by atoms with E-state index >= 15 is 0 Å². The van der Waals surface area contributed by atoms with Crippen molar-refractivity contribution < 1.29 is 4.39 Å². The van der Waals surface area contributed by atoms with E-state index in [2.05, 4.69) is 15.2 Å². The lowest BCUT2D eigenvalue weighted by Crippen LogP contribution is -1.95. The maximum absolute atomic E-state index is 13.7. The van der Waals surface area contributed by atoms with Crippen molar-refractivity contribution in [1.82, 2.24) is 15.2 Å². The van der Waals surface area contributed by atoms with Crippen LogP contribution in [0.2, 0.25) is 0 Å². The molecule has 0 fully saturated rings. The summed E-state index contributed by atoms with van der Waals surface area (Å²) in [5, 5.41) is 6.85. The van der Waals surface area contributed by atoms with Crippen molar-refractivity contribution in [3.63, 3.8) is 0 Å². The van der Waals surface area contributed by atoms with E-state index in [0.717, 1.165) is 17.0 Å². The van der Waals surface area contributed by atoms with E-state index in [9.17, 15) is 4.39 Å². The number of rotatable bonds is 2. The summed E-state index contributed by atoms with van der Waals surface area (Å²) < 4.78 is 13.7. The average Bonchev–Trinajstić information content (AvgIpc) is 2.77. The Morgan fingerprint density at radius 2 is 1.89 bits per heavy atom. The lowest BCUT2D eigenvalue weighted by Gasteiger charge is -2.07. The van der Waals surface area contributed by atoms with Crippen molar-refractivity contribution in [3.05, 3.63) is 34.9 Å². The zero-order chi connectivity index (χ0) is 13.7. The molecule has 0 radical (unpaired) electrons. The number of hydrogen-bond acceptors (Lipinski definition) is 2. The van der Waals surface area contributed by atoms with Crippen LogP contribution >= 0.6 is 0 Å². The molecule has 1 heterocycles. The standard InChI is InChI=1S/C12H14FN3.C2H6/c1-4-9-10(5-7(2)6-11(9)13)12-14-8(3)15-16-12;1-2/h5-6H,4H2,1-3H3,(H,14,15,16);1-2H3. The molecule has 0 amide bonds. The van der Waals surface area contributed by atoms with Gasteiger partial charge in [0.15, 0.2) is 5.82 Å². The van der Waals surface area contributed by atoms with Crippen molar-refractivity contribution in [2.45, 2.75) is 41.0 Å². The molecule has 0 aliphatic heterocycles. The molecule has 0 saturated carbocycles. The molecule has 18 heavy (non-hydrogen) atoms. The SMILES string of the molecule is CC.CCc1c(F)cc(C)cc1-c1n[nH]c(C)n1. The number of H-pyrrole nitrogens is 1. The Morgan fingerprint density at radius 3 is 2.39 bits per heavy atom. The minimum Gasteiger partial charge on any atom is -0.263 e. The average molecular weight is 249 g/mol. The second kappa shape index (κ2) is 6.28. The smallest absolute Gasteiger partial charge is 0.181 e. The number of nitrogens with zero attached hydrogens (tertiary/aromatic N) is 2. The molecule has 1 aromatic carbocycles. The second-order valence-corrected chi connectivity index (χ2v) is 3.87. The summed E-state index contributed by atoms with van der Waals surface area (Å²) in [7, 11) is 0. The fourth-order valence-electron chi connectivity index (χ4n) is 1.79. The van der Waals surface area contributed by atoms with Gasteiger partial charge in [-0.2, -0.15) is 5.10 Å². The summed E-state index contributed by atoms with van der Waals surface area (Å²) >= 11 is 0. The van der Waals surface area contributed by atoms with Crippen LogP contribution in [-0.4, -0.2) is 15.2 Å². The molecule has 0 aliphatic carbocycles. The lowest BCUT2D eigenvalue weighted by atomic mass is 10.0. The molecule has 1 N–H and O–H groups in total. The molecule has 0 atom stereocenters. The van der Waals surface area contributed by atoms with Gasteiger partial charge >= 0.3 is 0 Å². The van der Waals surface area contributed by atoms with Gasteiger partial charge in [-0.1, -0.05) is 20.8 Å². The summed E-state index contributed by atoms with van der Waals surface area (Å²) in [6, 6.07) is 3.46. The summed E-state index contributed by atoms with van der Waals surface area (Å²) in [5.41, 5.74) is 2.33. The minimum atomic E-state index is -0.181. The van der Waals surface area contributed by atoms with E-state index in [-0.39, 0.29) is 5.82 Å². The highest BCUT2D eigenvalue weighted by molar-refractivity contribution is 5.61. The second-order valence-electron chi connectivity index (χ2n) is 3.87. The zero-order valence-corrected chi connectivity index (χ0v) is 11.6. The van der Waals surface area contributed by atoms with Crippen LogP contribution in [0.1, 0.15) is 37.7 Å². The normalized spacial score (nSPS) is 9.89. The number of aromatic nitrogens is 3. The Balaban J connectivity index is 0.000000771. The van der Waals surface area contributed by atoms with Gasteiger partial charge in [-0.05, 0) is 43.5 Å². The quantitative estimate of drug-likeness (QED) is 0.879. The number of aryl methyl sites for hydroxylation is 2. The van der Waals surface area contributed by atoms with Gasteiger partial charge in [-0.15, -0.1) is 0 Å². The van der Waals surface area contributed by atoms with E-state index in [1.165, 1.54) is 0 Å². The molecular weight excluding hydrogens is 229 g/mol. The van der Waals surface area contributed by atoms with Gasteiger partial charge in [0.05, 0.1) is 0 Å². The molecule has 0 saturated heterocycles. The maximum Gasteiger partial charge on any atom is 0.181 e. The first-order chi connectivity index (χ1) is 8.61. The first-order valence-corrected chi connectivity index (χ1v) is 6.30. The Bertz CT molecular complexity index is 518. The van der Waals surface area contributed by atoms with Crippen LogP contribution in [0.5, 0.6) is 0 Å². The number of halogens is 1. The molecule has 0 unspecified atom stereocenters. The first-order valence-electron chi connectivity index (χ1n) is 6.30. The Morgan fingerprint density at radius 1 is 1.22 bits per heavy atom. The number of nitrogens with one attached hydrogen (secondary N) is 1. The van der Waals surface area contributed by atoms with Gasteiger partial charge in [0.1, 0.15) is 11.6 Å². The van der Waals surface area contributed by atoms with Crippen molar-refractivity contribution in [3.8, 4) is 11.4 Å². The van der Waals surface area contributed by atoms with Crippen LogP contribution in [0.4, 0.5) is 4.39 Å². The Hall–Kier alpha value is -1.71. The number of aromatic amines is 1. The van der Waals surface area contributed by atoms with Crippen LogP contribution < -0.4 is 0 Å². The zero-order valence-electron chi connectivity index (χ0n) is 11.6. The van der Waals surface area contributed by atoms with Crippen LogP contribution in [0.3, 0.4) is 0 Å². The number of benzene rings is 1. The molecule has 0 spiro atoms. The third kappa shape index (κ3) is 2.94. The van der Waals surface area contributed by atoms with Crippen molar-refractivity contribution >= 4 is 0 Å². The summed E-state index contributed by atoms with van der Waals surface area (Å²) in [5.74, 6) is 1.12. The molecule has 2 aromatic rings. The van der Waals surface area contributed by atoms with E-state index in [1.807, 2.05) is 40.7 Å². The Labute approximate surface area is 107 Å². The van der Waals surface area contributed by atoms with Gasteiger partial charge in [0, 0.05) is 5.56 Å². The molecule has 3 nitrogen and oxygen atoms in total. The van der Waals surface area contributed by atoms with E-state index < -0.39 is 0 Å². The van der Waals surface area contributed by atoms with Gasteiger partial charge in [-0.3, -0.25) is 5.10 Å².